The molecule has 2 aromatic rings. The lowest BCUT2D eigenvalue weighted by Gasteiger charge is -2.20. The van der Waals surface area contributed by atoms with Crippen LogP contribution in [-0.2, 0) is 0 Å². The van der Waals surface area contributed by atoms with Crippen molar-refractivity contribution < 1.29 is 4.74 Å². The molecule has 0 aliphatic carbocycles. The van der Waals surface area contributed by atoms with Crippen LogP contribution in [0.15, 0.2) is 40.9 Å². The van der Waals surface area contributed by atoms with Crippen LogP contribution >= 0.6 is 27.5 Å². The molecular formula is C17H19BrClNO. The Morgan fingerprint density at radius 1 is 1.24 bits per heavy atom. The quantitative estimate of drug-likeness (QED) is 0.791. The summed E-state index contributed by atoms with van der Waals surface area (Å²) in [7, 11) is 1.96. The van der Waals surface area contributed by atoms with Gasteiger partial charge in [-0.3, -0.25) is 0 Å². The van der Waals surface area contributed by atoms with Gasteiger partial charge in [-0.05, 0) is 77.8 Å². The van der Waals surface area contributed by atoms with Crippen LogP contribution < -0.4 is 10.1 Å². The number of rotatable bonds is 5. The largest absolute Gasteiger partial charge is 0.493 e. The number of hydrogen-bond donors (Lipinski definition) is 1. The van der Waals surface area contributed by atoms with E-state index in [9.17, 15) is 0 Å². The van der Waals surface area contributed by atoms with Gasteiger partial charge in [0.1, 0.15) is 5.75 Å². The second-order valence-corrected chi connectivity index (χ2v) is 6.14. The van der Waals surface area contributed by atoms with Gasteiger partial charge in [0.25, 0.3) is 0 Å². The van der Waals surface area contributed by atoms with E-state index in [2.05, 4.69) is 46.4 Å². The summed E-state index contributed by atoms with van der Waals surface area (Å²) in [5, 5.41) is 4.13. The summed E-state index contributed by atoms with van der Waals surface area (Å²) >= 11 is 9.62. The highest BCUT2D eigenvalue weighted by molar-refractivity contribution is 9.10. The first kappa shape index (κ1) is 16.3. The Kier molecular flexibility index (Phi) is 5.68. The van der Waals surface area contributed by atoms with E-state index < -0.39 is 0 Å². The zero-order chi connectivity index (χ0) is 15.4. The molecule has 1 unspecified atom stereocenters. The summed E-state index contributed by atoms with van der Waals surface area (Å²) in [4.78, 5) is 0. The number of nitrogens with one attached hydrogen (secondary N) is 1. The van der Waals surface area contributed by atoms with Crippen LogP contribution in [-0.4, -0.2) is 13.7 Å². The Morgan fingerprint density at radius 2 is 2.00 bits per heavy atom. The summed E-state index contributed by atoms with van der Waals surface area (Å²) in [6.07, 6.45) is 0. The molecule has 2 rings (SSSR count). The number of aryl methyl sites for hydroxylation is 1. The minimum atomic E-state index is 0.120. The zero-order valence-electron chi connectivity index (χ0n) is 12.4. The summed E-state index contributed by atoms with van der Waals surface area (Å²) < 4.78 is 6.53. The van der Waals surface area contributed by atoms with Gasteiger partial charge in [0.05, 0.1) is 17.1 Å². The van der Waals surface area contributed by atoms with E-state index >= 15 is 0 Å². The molecule has 112 valence electrons. The molecule has 0 bridgehead atoms. The maximum atomic E-state index is 6.05. The van der Waals surface area contributed by atoms with Crippen LogP contribution in [0.4, 0.5) is 0 Å². The van der Waals surface area contributed by atoms with Crippen LogP contribution in [0, 0.1) is 6.92 Å². The molecule has 0 amide bonds. The van der Waals surface area contributed by atoms with Crippen LogP contribution in [0.3, 0.4) is 0 Å². The minimum Gasteiger partial charge on any atom is -0.493 e. The first-order valence-corrected chi connectivity index (χ1v) is 8.09. The molecule has 0 radical (unpaired) electrons. The minimum absolute atomic E-state index is 0.120. The van der Waals surface area contributed by atoms with Crippen molar-refractivity contribution in [2.45, 2.75) is 19.9 Å². The van der Waals surface area contributed by atoms with Crippen molar-refractivity contribution in [1.29, 1.82) is 0 Å². The van der Waals surface area contributed by atoms with E-state index in [1.165, 1.54) is 16.7 Å². The lowest BCUT2D eigenvalue weighted by Crippen LogP contribution is -2.18. The predicted octanol–water partition coefficient (Wildman–Crippen LogP) is 5.12. The maximum absolute atomic E-state index is 6.05. The third-order valence-corrected chi connectivity index (χ3v) is 4.28. The Morgan fingerprint density at radius 3 is 2.57 bits per heavy atom. The van der Waals surface area contributed by atoms with Crippen molar-refractivity contribution in [1.82, 2.24) is 5.32 Å². The van der Waals surface area contributed by atoms with Gasteiger partial charge in [-0.1, -0.05) is 23.7 Å². The molecule has 0 aliphatic heterocycles. The number of halogens is 2. The molecule has 21 heavy (non-hydrogen) atoms. The van der Waals surface area contributed by atoms with Gasteiger partial charge in [-0.25, -0.2) is 0 Å². The Bertz CT molecular complexity index is 630. The third kappa shape index (κ3) is 3.79. The molecule has 0 saturated heterocycles. The number of hydrogen-bond acceptors (Lipinski definition) is 2. The van der Waals surface area contributed by atoms with Crippen molar-refractivity contribution in [3.63, 3.8) is 0 Å². The highest BCUT2D eigenvalue weighted by atomic mass is 79.9. The van der Waals surface area contributed by atoms with Crippen molar-refractivity contribution in [3.8, 4) is 5.75 Å². The fourth-order valence-corrected chi connectivity index (χ4v) is 3.17. The number of benzene rings is 2. The standard InChI is InChI=1S/C17H19BrClNO/c1-4-21-16-8-5-12(10-15(16)18)17(20-3)14-7-6-13(19)9-11(14)2/h5-10,17,20H,4H2,1-3H3. The lowest BCUT2D eigenvalue weighted by atomic mass is 9.95. The predicted molar refractivity (Wildman–Crippen MR) is 92.4 cm³/mol. The third-order valence-electron chi connectivity index (χ3n) is 3.42. The molecule has 1 N–H and O–H groups in total. The second-order valence-electron chi connectivity index (χ2n) is 4.85. The molecule has 2 aromatic carbocycles. The van der Waals surface area contributed by atoms with Crippen molar-refractivity contribution in [2.24, 2.45) is 0 Å². The molecule has 2 nitrogen and oxygen atoms in total. The summed E-state index contributed by atoms with van der Waals surface area (Å²) in [6, 6.07) is 12.3. The van der Waals surface area contributed by atoms with E-state index in [1.807, 2.05) is 32.2 Å². The number of ether oxygens (including phenoxy) is 1. The Balaban J connectivity index is 2.39. The maximum Gasteiger partial charge on any atom is 0.133 e. The van der Waals surface area contributed by atoms with Gasteiger partial charge in [-0.2, -0.15) is 0 Å². The first-order valence-electron chi connectivity index (χ1n) is 6.92. The van der Waals surface area contributed by atoms with Gasteiger partial charge in [0.15, 0.2) is 0 Å². The molecule has 0 aromatic heterocycles. The second kappa shape index (κ2) is 7.30. The summed E-state index contributed by atoms with van der Waals surface area (Å²) in [6.45, 7) is 4.71. The van der Waals surface area contributed by atoms with E-state index in [0.717, 1.165) is 15.2 Å². The van der Waals surface area contributed by atoms with E-state index in [-0.39, 0.29) is 6.04 Å². The highest BCUT2D eigenvalue weighted by Gasteiger charge is 2.16. The Labute approximate surface area is 139 Å². The highest BCUT2D eigenvalue weighted by Crippen LogP contribution is 2.32. The summed E-state index contributed by atoms with van der Waals surface area (Å²) in [5.41, 5.74) is 3.57. The smallest absolute Gasteiger partial charge is 0.133 e. The molecule has 0 fully saturated rings. The van der Waals surface area contributed by atoms with Crippen molar-refractivity contribution in [3.05, 3.63) is 62.6 Å². The van der Waals surface area contributed by atoms with Crippen molar-refractivity contribution >= 4 is 27.5 Å². The summed E-state index contributed by atoms with van der Waals surface area (Å²) in [5.74, 6) is 0.865. The van der Waals surface area contributed by atoms with Crippen LogP contribution in [0.25, 0.3) is 0 Å². The van der Waals surface area contributed by atoms with Crippen LogP contribution in [0.2, 0.25) is 5.02 Å². The van der Waals surface area contributed by atoms with E-state index in [4.69, 9.17) is 16.3 Å². The van der Waals surface area contributed by atoms with Crippen LogP contribution in [0.1, 0.15) is 29.7 Å². The van der Waals surface area contributed by atoms with Gasteiger partial charge < -0.3 is 10.1 Å². The van der Waals surface area contributed by atoms with E-state index in [1.54, 1.807) is 0 Å². The average molecular weight is 369 g/mol. The molecule has 0 spiro atoms. The zero-order valence-corrected chi connectivity index (χ0v) is 14.8. The molecule has 0 heterocycles. The van der Waals surface area contributed by atoms with Crippen molar-refractivity contribution in [2.75, 3.05) is 13.7 Å². The topological polar surface area (TPSA) is 21.3 Å². The first-order chi connectivity index (χ1) is 10.1. The Hall–Kier alpha value is -1.03. The van der Waals surface area contributed by atoms with Gasteiger partial charge >= 0.3 is 0 Å². The average Bonchev–Trinajstić information content (AvgIpc) is 2.45. The molecule has 1 atom stereocenters. The van der Waals surface area contributed by atoms with E-state index in [0.29, 0.717) is 6.61 Å². The molecule has 0 aliphatic rings. The van der Waals surface area contributed by atoms with Gasteiger partial charge in [0, 0.05) is 5.02 Å². The molecular weight excluding hydrogens is 350 g/mol. The van der Waals surface area contributed by atoms with Crippen LogP contribution in [0.5, 0.6) is 5.75 Å². The van der Waals surface area contributed by atoms with Gasteiger partial charge in [0.2, 0.25) is 0 Å². The lowest BCUT2D eigenvalue weighted by molar-refractivity contribution is 0.338. The van der Waals surface area contributed by atoms with Gasteiger partial charge in [-0.15, -0.1) is 0 Å². The fourth-order valence-electron chi connectivity index (χ4n) is 2.43. The SMILES string of the molecule is CCOc1ccc(C(NC)c2ccc(Cl)cc2C)cc1Br. The normalized spacial score (nSPS) is 12.2. The fraction of sp³-hybridized carbons (Fsp3) is 0.294. The monoisotopic (exact) mass is 367 g/mol. The molecule has 0 saturated carbocycles. The molecule has 4 heteroatoms.